The average Bonchev–Trinajstić information content (AvgIpc) is 2.30. The summed E-state index contributed by atoms with van der Waals surface area (Å²) in [5.74, 6) is -0.392. The first-order chi connectivity index (χ1) is 8.45. The van der Waals surface area contributed by atoms with Gasteiger partial charge < -0.3 is 15.6 Å². The third-order valence-electron chi connectivity index (χ3n) is 2.42. The molecule has 1 aromatic rings. The monoisotopic (exact) mass is 291 g/mol. The highest BCUT2D eigenvalue weighted by atomic mass is 35.5. The van der Waals surface area contributed by atoms with Crippen LogP contribution in [0.25, 0.3) is 0 Å². The van der Waals surface area contributed by atoms with E-state index in [0.29, 0.717) is 34.4 Å². The molecule has 3 N–H and O–H groups in total. The van der Waals surface area contributed by atoms with Gasteiger partial charge in [0.05, 0.1) is 11.6 Å². The number of hydrogen-bond acceptors (Lipinski definition) is 3. The van der Waals surface area contributed by atoms with Crippen LogP contribution in [0.15, 0.2) is 12.1 Å². The molecule has 0 aromatic heterocycles. The van der Waals surface area contributed by atoms with E-state index >= 15 is 0 Å². The summed E-state index contributed by atoms with van der Waals surface area (Å²) in [6, 6.07) is 2.77. The molecule has 1 unspecified atom stereocenters. The van der Waals surface area contributed by atoms with Gasteiger partial charge in [0.2, 0.25) is 0 Å². The van der Waals surface area contributed by atoms with E-state index in [1.54, 1.807) is 12.1 Å². The molecule has 0 spiro atoms. The molecule has 0 aliphatic rings. The van der Waals surface area contributed by atoms with Gasteiger partial charge in [0.1, 0.15) is 5.75 Å². The molecular formula is C12H15Cl2NO3. The van der Waals surface area contributed by atoms with E-state index in [0.717, 1.165) is 0 Å². The summed E-state index contributed by atoms with van der Waals surface area (Å²) in [4.78, 5) is 10.5. The Kier molecular flexibility index (Phi) is 5.72. The molecule has 1 atom stereocenters. The Morgan fingerprint density at radius 1 is 1.44 bits per heavy atom. The Hall–Kier alpha value is -0.970. The van der Waals surface area contributed by atoms with Crippen LogP contribution in [0.1, 0.15) is 31.4 Å². The second-order valence-corrected chi connectivity index (χ2v) is 4.59. The van der Waals surface area contributed by atoms with Crippen molar-refractivity contribution in [1.82, 2.24) is 0 Å². The molecule has 0 saturated heterocycles. The Labute approximate surface area is 116 Å². The van der Waals surface area contributed by atoms with Crippen molar-refractivity contribution in [1.29, 1.82) is 0 Å². The number of carboxylic acid groups (broad SMARTS) is 1. The van der Waals surface area contributed by atoms with E-state index < -0.39 is 12.0 Å². The van der Waals surface area contributed by atoms with Crippen molar-refractivity contribution in [2.45, 2.75) is 25.8 Å². The van der Waals surface area contributed by atoms with Gasteiger partial charge in [-0.25, -0.2) is 0 Å². The van der Waals surface area contributed by atoms with E-state index in [-0.39, 0.29) is 6.42 Å². The van der Waals surface area contributed by atoms with Crippen LogP contribution in [0.5, 0.6) is 5.75 Å². The predicted molar refractivity (Wildman–Crippen MR) is 71.4 cm³/mol. The minimum absolute atomic E-state index is 0.0116. The molecule has 0 fully saturated rings. The fraction of sp³-hybridized carbons (Fsp3) is 0.417. The van der Waals surface area contributed by atoms with Gasteiger partial charge >= 0.3 is 5.97 Å². The fourth-order valence-corrected chi connectivity index (χ4v) is 2.05. The van der Waals surface area contributed by atoms with E-state index in [4.69, 9.17) is 38.8 Å². The Balaban J connectivity index is 2.89. The van der Waals surface area contributed by atoms with E-state index in [1.165, 1.54) is 0 Å². The Morgan fingerprint density at radius 2 is 2.11 bits per heavy atom. The smallest absolute Gasteiger partial charge is 0.303 e. The third kappa shape index (κ3) is 4.05. The lowest BCUT2D eigenvalue weighted by Gasteiger charge is -2.15. The zero-order valence-electron chi connectivity index (χ0n) is 9.95. The summed E-state index contributed by atoms with van der Waals surface area (Å²) in [6.45, 7) is 2.33. The second-order valence-electron chi connectivity index (χ2n) is 3.78. The summed E-state index contributed by atoms with van der Waals surface area (Å²) in [5.41, 5.74) is 6.52. The fourth-order valence-electron chi connectivity index (χ4n) is 1.53. The Morgan fingerprint density at radius 3 is 2.67 bits per heavy atom. The molecule has 0 amide bonds. The predicted octanol–water partition coefficient (Wildman–Crippen LogP) is 3.26. The second kappa shape index (κ2) is 6.83. The number of carboxylic acids is 1. The van der Waals surface area contributed by atoms with E-state index in [2.05, 4.69) is 0 Å². The molecule has 18 heavy (non-hydrogen) atoms. The van der Waals surface area contributed by atoms with Gasteiger partial charge in [-0.1, -0.05) is 23.2 Å². The number of ether oxygens (including phenoxy) is 1. The lowest BCUT2D eigenvalue weighted by atomic mass is 10.0. The highest BCUT2D eigenvalue weighted by Gasteiger charge is 2.15. The maximum Gasteiger partial charge on any atom is 0.303 e. The largest absolute Gasteiger partial charge is 0.492 e. The van der Waals surface area contributed by atoms with Gasteiger partial charge in [0.15, 0.2) is 0 Å². The number of aliphatic carboxylic acids is 1. The third-order valence-corrected chi connectivity index (χ3v) is 3.04. The van der Waals surface area contributed by atoms with Crippen molar-refractivity contribution < 1.29 is 14.6 Å². The maximum absolute atomic E-state index is 10.5. The summed E-state index contributed by atoms with van der Waals surface area (Å²) >= 11 is 12.1. The molecule has 4 nitrogen and oxygen atoms in total. The normalized spacial score (nSPS) is 12.2. The number of halogens is 2. The van der Waals surface area contributed by atoms with Crippen molar-refractivity contribution in [3.05, 3.63) is 27.7 Å². The van der Waals surface area contributed by atoms with Crippen molar-refractivity contribution in [2.75, 3.05) is 6.61 Å². The molecule has 1 rings (SSSR count). The van der Waals surface area contributed by atoms with Gasteiger partial charge in [0, 0.05) is 23.6 Å². The van der Waals surface area contributed by atoms with Crippen LogP contribution in [-0.4, -0.2) is 17.7 Å². The maximum atomic E-state index is 10.5. The zero-order valence-corrected chi connectivity index (χ0v) is 11.5. The molecule has 100 valence electrons. The molecule has 1 aromatic carbocycles. The number of nitrogens with two attached hydrogens (primary N) is 1. The summed E-state index contributed by atoms with van der Waals surface area (Å²) < 4.78 is 5.30. The van der Waals surface area contributed by atoms with Crippen LogP contribution in [0, 0.1) is 0 Å². The standard InChI is InChI=1S/C12H15Cl2NO3/c1-2-18-11-6-8(13)7(5-9(11)14)10(15)3-4-12(16)17/h5-6,10H,2-4,15H2,1H3,(H,16,17). The molecule has 0 bridgehead atoms. The summed E-state index contributed by atoms with van der Waals surface area (Å²) in [5, 5.41) is 9.46. The van der Waals surface area contributed by atoms with Gasteiger partial charge in [-0.2, -0.15) is 0 Å². The van der Waals surface area contributed by atoms with Crippen LogP contribution in [0.3, 0.4) is 0 Å². The average molecular weight is 292 g/mol. The molecule has 0 heterocycles. The van der Waals surface area contributed by atoms with Gasteiger partial charge in [0.25, 0.3) is 0 Å². The number of rotatable bonds is 6. The minimum Gasteiger partial charge on any atom is -0.492 e. The van der Waals surface area contributed by atoms with Crippen molar-refractivity contribution >= 4 is 29.2 Å². The van der Waals surface area contributed by atoms with Crippen LogP contribution >= 0.6 is 23.2 Å². The van der Waals surface area contributed by atoms with E-state index in [1.807, 2.05) is 6.92 Å². The molecule has 0 radical (unpaired) electrons. The SMILES string of the molecule is CCOc1cc(Cl)c(C(N)CCC(=O)O)cc1Cl. The molecule has 0 aliphatic carbocycles. The Bertz CT molecular complexity index is 438. The molecule has 6 heteroatoms. The lowest BCUT2D eigenvalue weighted by Crippen LogP contribution is -2.13. The number of hydrogen-bond donors (Lipinski definition) is 2. The quantitative estimate of drug-likeness (QED) is 0.844. The topological polar surface area (TPSA) is 72.5 Å². The first-order valence-electron chi connectivity index (χ1n) is 5.54. The minimum atomic E-state index is -0.890. The first-order valence-corrected chi connectivity index (χ1v) is 6.30. The lowest BCUT2D eigenvalue weighted by molar-refractivity contribution is -0.137. The van der Waals surface area contributed by atoms with Crippen LogP contribution in [-0.2, 0) is 4.79 Å². The van der Waals surface area contributed by atoms with Crippen LogP contribution in [0.2, 0.25) is 10.0 Å². The first kappa shape index (κ1) is 15.1. The van der Waals surface area contributed by atoms with Gasteiger partial charge in [-0.05, 0) is 25.0 Å². The van der Waals surface area contributed by atoms with Crippen LogP contribution in [0.4, 0.5) is 0 Å². The van der Waals surface area contributed by atoms with Gasteiger partial charge in [-0.15, -0.1) is 0 Å². The van der Waals surface area contributed by atoms with E-state index in [9.17, 15) is 4.79 Å². The molecule has 0 aliphatic heterocycles. The zero-order chi connectivity index (χ0) is 13.7. The van der Waals surface area contributed by atoms with Crippen molar-refractivity contribution in [3.8, 4) is 5.75 Å². The van der Waals surface area contributed by atoms with Gasteiger partial charge in [-0.3, -0.25) is 4.79 Å². The molecule has 0 saturated carbocycles. The molecular weight excluding hydrogens is 277 g/mol. The summed E-state index contributed by atoms with van der Waals surface area (Å²) in [7, 11) is 0. The van der Waals surface area contributed by atoms with Crippen molar-refractivity contribution in [3.63, 3.8) is 0 Å². The van der Waals surface area contributed by atoms with Crippen LogP contribution < -0.4 is 10.5 Å². The highest BCUT2D eigenvalue weighted by Crippen LogP contribution is 2.34. The number of benzene rings is 1. The number of carbonyl (C=O) groups is 1. The van der Waals surface area contributed by atoms with Crippen molar-refractivity contribution in [2.24, 2.45) is 5.73 Å². The highest BCUT2D eigenvalue weighted by molar-refractivity contribution is 6.34. The summed E-state index contributed by atoms with van der Waals surface area (Å²) in [6.07, 6.45) is 0.293.